The molecule has 0 amide bonds. The zero-order valence-electron chi connectivity index (χ0n) is 13.9. The van der Waals surface area contributed by atoms with Gasteiger partial charge >= 0.3 is 0 Å². The van der Waals surface area contributed by atoms with E-state index in [9.17, 15) is 9.90 Å². The molecule has 2 heterocycles. The minimum Gasteiger partial charge on any atom is -0.504 e. The smallest absolute Gasteiger partial charge is 0.179 e. The van der Waals surface area contributed by atoms with Crippen LogP contribution in [0.2, 0.25) is 0 Å². The molecule has 1 saturated carbocycles. The van der Waals surface area contributed by atoms with Crippen molar-refractivity contribution in [2.75, 3.05) is 13.6 Å². The van der Waals surface area contributed by atoms with Crippen LogP contribution >= 0.6 is 0 Å². The Bertz CT molecular complexity index is 740. The number of phenolic OH excluding ortho intramolecular Hbond substituents is 1. The van der Waals surface area contributed by atoms with E-state index in [1.54, 1.807) is 6.07 Å². The molecule has 1 unspecified atom stereocenters. The number of hydrogen-bond acceptors (Lipinski definition) is 4. The number of ether oxygens (including phenoxy) is 1. The van der Waals surface area contributed by atoms with Crippen LogP contribution in [0.3, 0.4) is 0 Å². The third-order valence-corrected chi connectivity index (χ3v) is 7.03. The first-order valence-electron chi connectivity index (χ1n) is 8.63. The Morgan fingerprint density at radius 2 is 2.13 bits per heavy atom. The molecule has 2 aliphatic carbocycles. The van der Waals surface area contributed by atoms with Crippen LogP contribution in [0.15, 0.2) is 12.1 Å². The van der Waals surface area contributed by atoms with Gasteiger partial charge < -0.3 is 14.7 Å². The average Bonchev–Trinajstić information content (AvgIpc) is 2.84. The summed E-state index contributed by atoms with van der Waals surface area (Å²) in [6.07, 6.45) is 2.43. The molecule has 0 radical (unpaired) electrons. The first-order chi connectivity index (χ1) is 10.9. The molecule has 4 atom stereocenters. The fourth-order valence-electron chi connectivity index (χ4n) is 5.90. The van der Waals surface area contributed by atoms with Gasteiger partial charge in [-0.15, -0.1) is 0 Å². The number of carbonyl (C=O) groups is 1. The molecule has 23 heavy (non-hydrogen) atoms. The molecule has 0 aromatic heterocycles. The van der Waals surface area contributed by atoms with Crippen LogP contribution in [-0.4, -0.2) is 41.5 Å². The van der Waals surface area contributed by atoms with Gasteiger partial charge in [0.1, 0.15) is 0 Å². The van der Waals surface area contributed by atoms with Crippen molar-refractivity contribution in [1.82, 2.24) is 4.90 Å². The quantitative estimate of drug-likeness (QED) is 0.798. The first kappa shape index (κ1) is 13.8. The van der Waals surface area contributed by atoms with E-state index < -0.39 is 6.10 Å². The largest absolute Gasteiger partial charge is 0.504 e. The van der Waals surface area contributed by atoms with Gasteiger partial charge in [0.05, 0.1) is 0 Å². The topological polar surface area (TPSA) is 49.8 Å². The highest BCUT2D eigenvalue weighted by atomic mass is 16.5. The van der Waals surface area contributed by atoms with Crippen molar-refractivity contribution in [2.24, 2.45) is 11.3 Å². The number of rotatable bonds is 0. The molecule has 1 N–H and O–H groups in total. The van der Waals surface area contributed by atoms with Crippen molar-refractivity contribution < 1.29 is 14.6 Å². The van der Waals surface area contributed by atoms with Crippen LogP contribution in [0.25, 0.3) is 0 Å². The molecule has 2 bridgehead atoms. The number of ketones is 1. The van der Waals surface area contributed by atoms with Crippen molar-refractivity contribution >= 4 is 5.78 Å². The second kappa shape index (κ2) is 3.92. The van der Waals surface area contributed by atoms with Crippen LogP contribution < -0.4 is 4.74 Å². The van der Waals surface area contributed by atoms with Gasteiger partial charge in [0.2, 0.25) is 0 Å². The van der Waals surface area contributed by atoms with E-state index in [0.717, 1.165) is 31.4 Å². The van der Waals surface area contributed by atoms with Crippen molar-refractivity contribution in [1.29, 1.82) is 0 Å². The van der Waals surface area contributed by atoms with Crippen molar-refractivity contribution in [3.05, 3.63) is 23.3 Å². The van der Waals surface area contributed by atoms with Crippen LogP contribution in [0.5, 0.6) is 11.5 Å². The summed E-state index contributed by atoms with van der Waals surface area (Å²) >= 11 is 0. The van der Waals surface area contributed by atoms with Crippen molar-refractivity contribution in [2.45, 2.75) is 50.7 Å². The molecule has 1 aromatic carbocycles. The van der Waals surface area contributed by atoms with E-state index in [2.05, 4.69) is 25.8 Å². The number of Topliss-reactive ketones (excluding diaryl/α,β-unsaturated/α-hetero) is 1. The monoisotopic (exact) mass is 313 g/mol. The number of nitrogens with zero attached hydrogens (tertiary/aromatic N) is 1. The minimum absolute atomic E-state index is 0.189. The molecule has 122 valence electrons. The van der Waals surface area contributed by atoms with Gasteiger partial charge in [-0.1, -0.05) is 19.9 Å². The summed E-state index contributed by atoms with van der Waals surface area (Å²) in [5.41, 5.74) is 1.84. The molecule has 4 nitrogen and oxygen atoms in total. The van der Waals surface area contributed by atoms with Crippen molar-refractivity contribution in [3.63, 3.8) is 0 Å². The summed E-state index contributed by atoms with van der Waals surface area (Å²) in [4.78, 5) is 15.6. The molecule has 4 heteroatoms. The number of hydrogen-bond donors (Lipinski definition) is 1. The molecule has 2 aliphatic heterocycles. The summed E-state index contributed by atoms with van der Waals surface area (Å²) in [7, 11) is 2.21. The van der Waals surface area contributed by atoms with Crippen LogP contribution in [0, 0.1) is 11.3 Å². The van der Waals surface area contributed by atoms with Gasteiger partial charge in [0.25, 0.3) is 0 Å². The van der Waals surface area contributed by atoms with E-state index in [0.29, 0.717) is 17.7 Å². The SMILES string of the molecule is CN1CC[C@]23c4c5ccc(O)c4OC2C(=O)C(C)(C)C[C@H]3[C@H]1C5. The molecule has 1 aromatic rings. The maximum absolute atomic E-state index is 13.1. The standard InChI is InChI=1S/C19H23NO3/c1-18(2)9-11-12-8-10-4-5-13(21)15-14(10)19(11,6-7-20(12)3)17(23-15)16(18)22/h4-5,11-12,17,21H,6-9H2,1-3H3/t11-,12+,17?,19-/m0/s1. The van der Waals surface area contributed by atoms with E-state index in [-0.39, 0.29) is 22.4 Å². The van der Waals surface area contributed by atoms with Crippen LogP contribution in [-0.2, 0) is 16.6 Å². The molecule has 5 rings (SSSR count). The van der Waals surface area contributed by atoms with Gasteiger partial charge in [0.15, 0.2) is 23.4 Å². The van der Waals surface area contributed by atoms with E-state index in [4.69, 9.17) is 4.74 Å². The molecule has 1 saturated heterocycles. The summed E-state index contributed by atoms with van der Waals surface area (Å²) in [6.45, 7) is 5.10. The third-order valence-electron chi connectivity index (χ3n) is 7.03. The molecule has 4 aliphatic rings. The third kappa shape index (κ3) is 1.40. The first-order valence-corrected chi connectivity index (χ1v) is 8.63. The normalized spacial score (nSPS) is 39.8. The van der Waals surface area contributed by atoms with Gasteiger partial charge in [-0.25, -0.2) is 0 Å². The summed E-state index contributed by atoms with van der Waals surface area (Å²) in [5, 5.41) is 10.3. The zero-order chi connectivity index (χ0) is 16.1. The Balaban J connectivity index is 1.82. The number of benzene rings is 1. The number of likely N-dealkylation sites (N-methyl/N-ethyl adjacent to an activating group) is 1. The Morgan fingerprint density at radius 3 is 2.91 bits per heavy atom. The lowest BCUT2D eigenvalue weighted by atomic mass is 9.48. The second-order valence-corrected chi connectivity index (χ2v) is 8.55. The highest BCUT2D eigenvalue weighted by Gasteiger charge is 2.68. The van der Waals surface area contributed by atoms with Crippen LogP contribution in [0.4, 0.5) is 0 Å². The van der Waals surface area contributed by atoms with Gasteiger partial charge in [0, 0.05) is 22.4 Å². The fraction of sp³-hybridized carbons (Fsp3) is 0.632. The number of phenols is 1. The molecule has 1 spiro atoms. The zero-order valence-corrected chi connectivity index (χ0v) is 13.9. The van der Waals surface area contributed by atoms with Crippen LogP contribution in [0.1, 0.15) is 37.8 Å². The lowest BCUT2D eigenvalue weighted by molar-refractivity contribution is -0.152. The number of aromatic hydroxyl groups is 1. The maximum Gasteiger partial charge on any atom is 0.179 e. The Kier molecular flexibility index (Phi) is 2.36. The Labute approximate surface area is 136 Å². The lowest BCUT2D eigenvalue weighted by Gasteiger charge is -2.59. The number of likely N-dealkylation sites (tertiary alicyclic amines) is 1. The van der Waals surface area contributed by atoms with E-state index in [1.807, 2.05) is 6.07 Å². The summed E-state index contributed by atoms with van der Waals surface area (Å²) in [6, 6.07) is 4.23. The highest BCUT2D eigenvalue weighted by molar-refractivity contribution is 5.93. The maximum atomic E-state index is 13.1. The molecule has 2 fully saturated rings. The lowest BCUT2D eigenvalue weighted by Crippen LogP contribution is -2.68. The Morgan fingerprint density at radius 1 is 1.35 bits per heavy atom. The second-order valence-electron chi connectivity index (χ2n) is 8.55. The highest BCUT2D eigenvalue weighted by Crippen LogP contribution is 2.65. The van der Waals surface area contributed by atoms with E-state index in [1.165, 1.54) is 5.56 Å². The average molecular weight is 313 g/mol. The van der Waals surface area contributed by atoms with Gasteiger partial charge in [-0.2, -0.15) is 0 Å². The molecular weight excluding hydrogens is 290 g/mol. The predicted molar refractivity (Wildman–Crippen MR) is 85.8 cm³/mol. The van der Waals surface area contributed by atoms with Crippen molar-refractivity contribution in [3.8, 4) is 11.5 Å². The number of piperidine rings is 1. The van der Waals surface area contributed by atoms with Gasteiger partial charge in [-0.05, 0) is 50.4 Å². The molecular formula is C19H23NO3. The fourth-order valence-corrected chi connectivity index (χ4v) is 5.90. The summed E-state index contributed by atoms with van der Waals surface area (Å²) < 4.78 is 6.17. The summed E-state index contributed by atoms with van der Waals surface area (Å²) in [5.74, 6) is 1.41. The number of carbonyl (C=O) groups excluding carboxylic acids is 1. The Hall–Kier alpha value is -1.55. The van der Waals surface area contributed by atoms with E-state index >= 15 is 0 Å². The predicted octanol–water partition coefficient (Wildman–Crippen LogP) is 2.27. The van der Waals surface area contributed by atoms with Gasteiger partial charge in [-0.3, -0.25) is 4.79 Å². The minimum atomic E-state index is -0.421.